The van der Waals surface area contributed by atoms with E-state index in [1.807, 2.05) is 11.8 Å². The Bertz CT molecular complexity index is 276. The van der Waals surface area contributed by atoms with Crippen molar-refractivity contribution in [2.75, 3.05) is 30.0 Å². The van der Waals surface area contributed by atoms with Gasteiger partial charge in [0.2, 0.25) is 5.91 Å². The SMILES string of the molecule is O=C(CC1CCSCC1)NC1(CBr)CCOCC1. The largest absolute Gasteiger partial charge is 0.381 e. The number of carbonyl (C=O) groups excluding carboxylic acids is 1. The molecule has 2 aliphatic rings. The van der Waals surface area contributed by atoms with Gasteiger partial charge in [0.25, 0.3) is 0 Å². The average Bonchev–Trinajstić information content (AvgIpc) is 2.41. The molecule has 2 heterocycles. The van der Waals surface area contributed by atoms with Crippen LogP contribution in [-0.2, 0) is 9.53 Å². The molecule has 2 aliphatic heterocycles. The third kappa shape index (κ3) is 4.14. The van der Waals surface area contributed by atoms with Gasteiger partial charge in [0.15, 0.2) is 0 Å². The molecule has 0 aliphatic carbocycles. The van der Waals surface area contributed by atoms with E-state index in [1.165, 1.54) is 24.3 Å². The second-order valence-electron chi connectivity index (χ2n) is 5.33. The number of thioether (sulfide) groups is 1. The Morgan fingerprint density at radius 2 is 2.00 bits per heavy atom. The summed E-state index contributed by atoms with van der Waals surface area (Å²) < 4.78 is 5.38. The maximum atomic E-state index is 12.2. The van der Waals surface area contributed by atoms with Gasteiger partial charge in [-0.3, -0.25) is 4.79 Å². The lowest BCUT2D eigenvalue weighted by Gasteiger charge is -2.37. The van der Waals surface area contributed by atoms with E-state index in [0.717, 1.165) is 31.4 Å². The van der Waals surface area contributed by atoms with Crippen LogP contribution in [0.15, 0.2) is 0 Å². The molecule has 2 fully saturated rings. The zero-order valence-electron chi connectivity index (χ0n) is 10.8. The first-order chi connectivity index (χ1) is 8.74. The number of amides is 1. The first-order valence-corrected chi connectivity index (χ1v) is 9.04. The third-order valence-electron chi connectivity index (χ3n) is 3.93. The molecule has 0 aromatic rings. The fourth-order valence-electron chi connectivity index (χ4n) is 2.61. The van der Waals surface area contributed by atoms with Crippen molar-refractivity contribution in [2.45, 2.75) is 37.6 Å². The minimum Gasteiger partial charge on any atom is -0.381 e. The highest BCUT2D eigenvalue weighted by molar-refractivity contribution is 9.09. The van der Waals surface area contributed by atoms with Gasteiger partial charge in [-0.05, 0) is 43.1 Å². The Morgan fingerprint density at radius 1 is 1.33 bits per heavy atom. The zero-order valence-corrected chi connectivity index (χ0v) is 13.2. The molecule has 0 aromatic carbocycles. The van der Waals surface area contributed by atoms with Crippen molar-refractivity contribution in [1.82, 2.24) is 5.32 Å². The van der Waals surface area contributed by atoms with Gasteiger partial charge in [0.1, 0.15) is 0 Å². The van der Waals surface area contributed by atoms with Crippen LogP contribution < -0.4 is 5.32 Å². The van der Waals surface area contributed by atoms with Crippen LogP contribution in [0.5, 0.6) is 0 Å². The molecule has 0 spiro atoms. The number of carbonyl (C=O) groups is 1. The summed E-state index contributed by atoms with van der Waals surface area (Å²) in [5, 5.41) is 4.09. The van der Waals surface area contributed by atoms with E-state index in [-0.39, 0.29) is 11.4 Å². The maximum absolute atomic E-state index is 12.2. The maximum Gasteiger partial charge on any atom is 0.220 e. The summed E-state index contributed by atoms with van der Waals surface area (Å²) in [7, 11) is 0. The van der Waals surface area contributed by atoms with Crippen LogP contribution in [0.25, 0.3) is 0 Å². The van der Waals surface area contributed by atoms with Crippen molar-refractivity contribution in [2.24, 2.45) is 5.92 Å². The average molecular weight is 336 g/mol. The van der Waals surface area contributed by atoms with E-state index >= 15 is 0 Å². The lowest BCUT2D eigenvalue weighted by atomic mass is 9.91. The molecule has 0 saturated carbocycles. The number of hydrogen-bond donors (Lipinski definition) is 1. The summed E-state index contributed by atoms with van der Waals surface area (Å²) in [5.41, 5.74) is -0.0707. The Balaban J connectivity index is 1.81. The van der Waals surface area contributed by atoms with Gasteiger partial charge in [-0.15, -0.1) is 0 Å². The van der Waals surface area contributed by atoms with Gasteiger partial charge in [-0.25, -0.2) is 0 Å². The van der Waals surface area contributed by atoms with Crippen LogP contribution in [0.2, 0.25) is 0 Å². The van der Waals surface area contributed by atoms with Gasteiger partial charge in [0, 0.05) is 25.0 Å². The number of ether oxygens (including phenoxy) is 1. The monoisotopic (exact) mass is 335 g/mol. The first-order valence-electron chi connectivity index (χ1n) is 6.77. The highest BCUT2D eigenvalue weighted by atomic mass is 79.9. The summed E-state index contributed by atoms with van der Waals surface area (Å²) in [5.74, 6) is 3.26. The zero-order chi connectivity index (χ0) is 12.8. The van der Waals surface area contributed by atoms with Crippen LogP contribution in [0.3, 0.4) is 0 Å². The molecule has 3 nitrogen and oxygen atoms in total. The molecule has 0 aromatic heterocycles. The van der Waals surface area contributed by atoms with Crippen LogP contribution in [0, 0.1) is 5.92 Å². The van der Waals surface area contributed by atoms with Gasteiger partial charge in [0.05, 0.1) is 5.54 Å². The van der Waals surface area contributed by atoms with E-state index in [1.54, 1.807) is 0 Å². The molecule has 1 amide bonds. The number of rotatable bonds is 4. The molecule has 1 N–H and O–H groups in total. The molecule has 2 saturated heterocycles. The summed E-state index contributed by atoms with van der Waals surface area (Å²) in [4.78, 5) is 12.2. The van der Waals surface area contributed by atoms with Crippen molar-refractivity contribution in [3.05, 3.63) is 0 Å². The van der Waals surface area contributed by atoms with Crippen LogP contribution in [-0.4, -0.2) is 41.5 Å². The van der Waals surface area contributed by atoms with Crippen molar-refractivity contribution in [3.8, 4) is 0 Å². The Labute approximate surface area is 122 Å². The van der Waals surface area contributed by atoms with Crippen molar-refractivity contribution >= 4 is 33.6 Å². The molecule has 2 rings (SSSR count). The molecular weight excluding hydrogens is 314 g/mol. The Kier molecular flexibility index (Phi) is 5.83. The van der Waals surface area contributed by atoms with Gasteiger partial charge in [-0.2, -0.15) is 11.8 Å². The van der Waals surface area contributed by atoms with Gasteiger partial charge >= 0.3 is 0 Å². The summed E-state index contributed by atoms with van der Waals surface area (Å²) in [6.07, 6.45) is 4.94. The normalized spacial score (nSPS) is 24.7. The van der Waals surface area contributed by atoms with E-state index in [4.69, 9.17) is 4.74 Å². The van der Waals surface area contributed by atoms with Crippen LogP contribution >= 0.6 is 27.7 Å². The number of alkyl halides is 1. The predicted molar refractivity (Wildman–Crippen MR) is 79.4 cm³/mol. The second kappa shape index (κ2) is 7.15. The fraction of sp³-hybridized carbons (Fsp3) is 0.923. The predicted octanol–water partition coefficient (Wildman–Crippen LogP) is 2.58. The highest BCUT2D eigenvalue weighted by Gasteiger charge is 2.33. The standard InChI is InChI=1S/C13H22BrNO2S/c14-10-13(3-5-17-6-4-13)15-12(16)9-11-1-7-18-8-2-11/h11H,1-10H2,(H,15,16). The molecule has 0 atom stereocenters. The molecular formula is C13H22BrNO2S. The molecule has 18 heavy (non-hydrogen) atoms. The first kappa shape index (κ1) is 14.7. The third-order valence-corrected chi connectivity index (χ3v) is 6.05. The molecule has 0 bridgehead atoms. The fourth-order valence-corrected chi connectivity index (χ4v) is 4.52. The van der Waals surface area contributed by atoms with E-state index in [9.17, 15) is 4.79 Å². The lowest BCUT2D eigenvalue weighted by Crippen LogP contribution is -2.53. The summed E-state index contributed by atoms with van der Waals surface area (Å²) in [6.45, 7) is 1.51. The quantitative estimate of drug-likeness (QED) is 0.802. The van der Waals surface area contributed by atoms with E-state index < -0.39 is 0 Å². The van der Waals surface area contributed by atoms with Crippen molar-refractivity contribution in [3.63, 3.8) is 0 Å². The van der Waals surface area contributed by atoms with Gasteiger partial charge in [-0.1, -0.05) is 15.9 Å². The van der Waals surface area contributed by atoms with E-state index in [0.29, 0.717) is 12.3 Å². The Morgan fingerprint density at radius 3 is 2.61 bits per heavy atom. The Hall–Kier alpha value is 0.260. The van der Waals surface area contributed by atoms with Crippen molar-refractivity contribution < 1.29 is 9.53 Å². The number of hydrogen-bond acceptors (Lipinski definition) is 3. The van der Waals surface area contributed by atoms with Gasteiger partial charge < -0.3 is 10.1 Å². The minimum atomic E-state index is -0.0707. The summed E-state index contributed by atoms with van der Waals surface area (Å²) >= 11 is 5.56. The lowest BCUT2D eigenvalue weighted by molar-refractivity contribution is -0.124. The topological polar surface area (TPSA) is 38.3 Å². The molecule has 5 heteroatoms. The minimum absolute atomic E-state index is 0.0707. The second-order valence-corrected chi connectivity index (χ2v) is 7.12. The molecule has 0 unspecified atom stereocenters. The molecule has 104 valence electrons. The molecule has 0 radical (unpaired) electrons. The van der Waals surface area contributed by atoms with Crippen LogP contribution in [0.1, 0.15) is 32.1 Å². The van der Waals surface area contributed by atoms with Crippen molar-refractivity contribution in [1.29, 1.82) is 0 Å². The van der Waals surface area contributed by atoms with E-state index in [2.05, 4.69) is 21.2 Å². The number of nitrogens with one attached hydrogen (secondary N) is 1. The van der Waals surface area contributed by atoms with Crippen LogP contribution in [0.4, 0.5) is 0 Å². The highest BCUT2D eigenvalue weighted by Crippen LogP contribution is 2.27. The smallest absolute Gasteiger partial charge is 0.220 e. The number of halogens is 1. The summed E-state index contributed by atoms with van der Waals surface area (Å²) in [6, 6.07) is 0.